The lowest BCUT2D eigenvalue weighted by atomic mass is 10.1. The molecular formula is C26H29N5O4S. The molecule has 0 saturated carbocycles. The molecule has 2 aromatic heterocycles. The molecular weight excluding hydrogens is 478 g/mol. The number of nitrogens with zero attached hydrogens (tertiary/aromatic N) is 4. The molecule has 1 fully saturated rings. The highest BCUT2D eigenvalue weighted by Gasteiger charge is 2.44. The normalized spacial score (nSPS) is 22.7. The van der Waals surface area contributed by atoms with Crippen LogP contribution in [0.2, 0.25) is 0 Å². The minimum Gasteiger partial charge on any atom is -0.394 e. The van der Waals surface area contributed by atoms with Crippen molar-refractivity contribution in [3.8, 4) is 0 Å². The highest BCUT2D eigenvalue weighted by Crippen LogP contribution is 2.32. The van der Waals surface area contributed by atoms with Crippen molar-refractivity contribution in [1.29, 1.82) is 0 Å². The third-order valence-corrected chi connectivity index (χ3v) is 7.46. The standard InChI is InChI=1S/C26H29N5O4S/c1-16(11-18-9-5-6-10-20(18)36-13-17-7-3-2-4-8-17)30-24-21-25(28-14-27-24)31(15-29-21)26-23(34)22(33)19(12-32)35-26/h2-10,14-16,19,22-23,26,32-34H,11-13H2,1H3,(H,27,28,30)/t16-,19-,22-,23-,26-/m1/s1. The summed E-state index contributed by atoms with van der Waals surface area (Å²) in [7, 11) is 0. The Morgan fingerprint density at radius 3 is 2.58 bits per heavy atom. The van der Waals surface area contributed by atoms with E-state index in [2.05, 4.69) is 75.7 Å². The topological polar surface area (TPSA) is 126 Å². The molecule has 0 spiro atoms. The molecule has 0 radical (unpaired) electrons. The van der Waals surface area contributed by atoms with E-state index in [1.807, 2.05) is 17.8 Å². The van der Waals surface area contributed by atoms with E-state index in [0.717, 1.165) is 12.2 Å². The van der Waals surface area contributed by atoms with E-state index in [9.17, 15) is 15.3 Å². The SMILES string of the molecule is C[C@H](Cc1ccccc1SCc1ccccc1)Nc1ncnc2c1ncn2[C@@H]1O[C@H](CO)[C@@H](O)[C@H]1O. The van der Waals surface area contributed by atoms with Gasteiger partial charge in [0, 0.05) is 16.7 Å². The van der Waals surface area contributed by atoms with E-state index in [4.69, 9.17) is 4.74 Å². The third kappa shape index (κ3) is 5.09. The van der Waals surface area contributed by atoms with Gasteiger partial charge in [0.1, 0.15) is 24.6 Å². The van der Waals surface area contributed by atoms with Crippen LogP contribution in [0.5, 0.6) is 0 Å². The van der Waals surface area contributed by atoms with Crippen LogP contribution in [-0.2, 0) is 16.9 Å². The quantitative estimate of drug-likeness (QED) is 0.253. The molecule has 0 bridgehead atoms. The fourth-order valence-electron chi connectivity index (χ4n) is 4.42. The number of benzene rings is 2. The van der Waals surface area contributed by atoms with Gasteiger partial charge in [0.05, 0.1) is 12.9 Å². The highest BCUT2D eigenvalue weighted by molar-refractivity contribution is 7.98. The first kappa shape index (κ1) is 24.7. The first-order valence-electron chi connectivity index (χ1n) is 11.9. The summed E-state index contributed by atoms with van der Waals surface area (Å²) in [4.78, 5) is 14.4. The second kappa shape index (κ2) is 10.9. The van der Waals surface area contributed by atoms with Gasteiger partial charge >= 0.3 is 0 Å². The Hall–Kier alpha value is -3.02. The van der Waals surface area contributed by atoms with Crippen molar-refractivity contribution >= 4 is 28.7 Å². The Labute approximate surface area is 213 Å². The van der Waals surface area contributed by atoms with Crippen molar-refractivity contribution in [1.82, 2.24) is 19.5 Å². The van der Waals surface area contributed by atoms with E-state index in [0.29, 0.717) is 17.0 Å². The summed E-state index contributed by atoms with van der Waals surface area (Å²) >= 11 is 1.83. The number of rotatable bonds is 9. The van der Waals surface area contributed by atoms with Crippen LogP contribution in [0.4, 0.5) is 5.82 Å². The van der Waals surface area contributed by atoms with E-state index >= 15 is 0 Å². The van der Waals surface area contributed by atoms with E-state index in [1.54, 1.807) is 4.57 Å². The second-order valence-electron chi connectivity index (χ2n) is 8.91. The first-order chi connectivity index (χ1) is 17.5. The van der Waals surface area contributed by atoms with Gasteiger partial charge in [-0.25, -0.2) is 15.0 Å². The van der Waals surface area contributed by atoms with Crippen molar-refractivity contribution in [2.75, 3.05) is 11.9 Å². The Morgan fingerprint density at radius 2 is 1.81 bits per heavy atom. The lowest BCUT2D eigenvalue weighted by Crippen LogP contribution is -2.33. The lowest BCUT2D eigenvalue weighted by molar-refractivity contribution is -0.0511. The number of aliphatic hydroxyl groups excluding tert-OH is 3. The summed E-state index contributed by atoms with van der Waals surface area (Å²) in [6.45, 7) is 1.70. The molecule has 0 aliphatic carbocycles. The van der Waals surface area contributed by atoms with Gasteiger partial charge in [0.15, 0.2) is 23.2 Å². The maximum Gasteiger partial charge on any atom is 0.167 e. The summed E-state index contributed by atoms with van der Waals surface area (Å²) in [5.41, 5.74) is 3.54. The molecule has 5 rings (SSSR count). The number of thioether (sulfide) groups is 1. The van der Waals surface area contributed by atoms with Gasteiger partial charge < -0.3 is 25.4 Å². The minimum absolute atomic E-state index is 0.0561. The molecule has 3 heterocycles. The number of ether oxygens (including phenoxy) is 1. The van der Waals surface area contributed by atoms with Crippen LogP contribution in [0.1, 0.15) is 24.3 Å². The molecule has 4 aromatic rings. The van der Waals surface area contributed by atoms with E-state index < -0.39 is 31.1 Å². The van der Waals surface area contributed by atoms with Crippen LogP contribution in [0.25, 0.3) is 11.2 Å². The van der Waals surface area contributed by atoms with Gasteiger partial charge in [-0.15, -0.1) is 11.8 Å². The average molecular weight is 508 g/mol. The number of hydrogen-bond acceptors (Lipinski definition) is 9. The lowest BCUT2D eigenvalue weighted by Gasteiger charge is -2.18. The molecule has 5 atom stereocenters. The van der Waals surface area contributed by atoms with Crippen molar-refractivity contribution in [3.63, 3.8) is 0 Å². The third-order valence-electron chi connectivity index (χ3n) is 6.27. The van der Waals surface area contributed by atoms with Crippen molar-refractivity contribution in [2.24, 2.45) is 0 Å². The molecule has 36 heavy (non-hydrogen) atoms. The van der Waals surface area contributed by atoms with Gasteiger partial charge in [-0.1, -0.05) is 48.5 Å². The highest BCUT2D eigenvalue weighted by atomic mass is 32.2. The van der Waals surface area contributed by atoms with Crippen molar-refractivity contribution in [2.45, 2.75) is 54.6 Å². The van der Waals surface area contributed by atoms with Gasteiger partial charge in [-0.05, 0) is 30.5 Å². The Balaban J connectivity index is 1.30. The first-order valence-corrected chi connectivity index (χ1v) is 12.8. The summed E-state index contributed by atoms with van der Waals surface area (Å²) in [6, 6.07) is 18.9. The Bertz CT molecular complexity index is 1300. The van der Waals surface area contributed by atoms with Gasteiger partial charge in [0.2, 0.25) is 0 Å². The second-order valence-corrected chi connectivity index (χ2v) is 9.92. The van der Waals surface area contributed by atoms with Crippen LogP contribution in [0.3, 0.4) is 0 Å². The number of nitrogens with one attached hydrogen (secondary N) is 1. The van der Waals surface area contributed by atoms with Gasteiger partial charge in [-0.3, -0.25) is 4.57 Å². The largest absolute Gasteiger partial charge is 0.394 e. The number of hydrogen-bond donors (Lipinski definition) is 4. The molecule has 0 unspecified atom stereocenters. The molecule has 1 saturated heterocycles. The summed E-state index contributed by atoms with van der Waals surface area (Å²) in [6.07, 6.45) is -0.464. The molecule has 1 aliphatic rings. The number of imidazole rings is 1. The fourth-order valence-corrected chi connectivity index (χ4v) is 5.44. The molecule has 188 valence electrons. The Morgan fingerprint density at radius 1 is 1.03 bits per heavy atom. The number of aromatic nitrogens is 4. The zero-order valence-electron chi connectivity index (χ0n) is 19.8. The molecule has 9 nitrogen and oxygen atoms in total. The van der Waals surface area contributed by atoms with Crippen LogP contribution in [0, 0.1) is 0 Å². The molecule has 4 N–H and O–H groups in total. The maximum absolute atomic E-state index is 10.4. The molecule has 0 amide bonds. The predicted molar refractivity (Wildman–Crippen MR) is 138 cm³/mol. The van der Waals surface area contributed by atoms with Gasteiger partial charge in [-0.2, -0.15) is 0 Å². The molecule has 2 aromatic carbocycles. The molecule has 10 heteroatoms. The summed E-state index contributed by atoms with van der Waals surface area (Å²) < 4.78 is 7.21. The Kier molecular flexibility index (Phi) is 7.49. The fraction of sp³-hybridized carbons (Fsp3) is 0.346. The van der Waals surface area contributed by atoms with E-state index in [-0.39, 0.29) is 6.04 Å². The zero-order chi connectivity index (χ0) is 25.1. The number of aliphatic hydroxyl groups is 3. The van der Waals surface area contributed by atoms with Crippen molar-refractivity contribution < 1.29 is 20.1 Å². The molecule has 1 aliphatic heterocycles. The number of anilines is 1. The van der Waals surface area contributed by atoms with Crippen LogP contribution in [-0.4, -0.2) is 65.8 Å². The van der Waals surface area contributed by atoms with Crippen molar-refractivity contribution in [3.05, 3.63) is 78.4 Å². The summed E-state index contributed by atoms with van der Waals surface area (Å²) in [5, 5.41) is 33.4. The van der Waals surface area contributed by atoms with E-state index in [1.165, 1.54) is 28.7 Å². The monoisotopic (exact) mass is 507 g/mol. The van der Waals surface area contributed by atoms with Crippen LogP contribution >= 0.6 is 11.8 Å². The minimum atomic E-state index is -1.21. The average Bonchev–Trinajstić information content (AvgIpc) is 3.45. The van der Waals surface area contributed by atoms with Gasteiger partial charge in [0.25, 0.3) is 0 Å². The zero-order valence-corrected chi connectivity index (χ0v) is 20.6. The van der Waals surface area contributed by atoms with Crippen LogP contribution in [0.15, 0.2) is 72.1 Å². The smallest absolute Gasteiger partial charge is 0.167 e. The summed E-state index contributed by atoms with van der Waals surface area (Å²) in [5.74, 6) is 1.48. The predicted octanol–water partition coefficient (Wildman–Crippen LogP) is 2.77. The number of fused-ring (bicyclic) bond motifs is 1. The van der Waals surface area contributed by atoms with Crippen LogP contribution < -0.4 is 5.32 Å². The maximum atomic E-state index is 10.4.